The summed E-state index contributed by atoms with van der Waals surface area (Å²) in [6.45, 7) is 3.62. The van der Waals surface area contributed by atoms with Crippen LogP contribution in [0.2, 0.25) is 0 Å². The van der Waals surface area contributed by atoms with Crippen molar-refractivity contribution >= 4 is 5.97 Å². The molecule has 0 aliphatic carbocycles. The lowest BCUT2D eigenvalue weighted by molar-refractivity contribution is -0.149. The molecular weight excluding hydrogens is 196 g/mol. The molecule has 0 N–H and O–H groups in total. The van der Waals surface area contributed by atoms with E-state index >= 15 is 0 Å². The molecule has 4 nitrogen and oxygen atoms in total. The van der Waals surface area contributed by atoms with E-state index in [1.807, 2.05) is 0 Å². The van der Waals surface area contributed by atoms with Crippen molar-refractivity contribution in [2.45, 2.75) is 32.6 Å². The summed E-state index contributed by atoms with van der Waals surface area (Å²) in [4.78, 5) is 11.1. The van der Waals surface area contributed by atoms with E-state index < -0.39 is 0 Å². The number of hydrogen-bond acceptors (Lipinski definition) is 4. The molecule has 0 aliphatic rings. The first-order chi connectivity index (χ1) is 7.31. The number of carbonyl (C=O) groups is 1. The third kappa shape index (κ3) is 11.3. The van der Waals surface area contributed by atoms with Crippen LogP contribution in [-0.2, 0) is 19.0 Å². The predicted octanol–water partition coefficient (Wildman–Crippen LogP) is 1.77. The largest absolute Gasteiger partial charge is 0.464 e. The molecule has 0 saturated carbocycles. The smallest absolute Gasteiger partial charge is 0.332 e. The Morgan fingerprint density at radius 1 is 1.07 bits per heavy atom. The van der Waals surface area contributed by atoms with E-state index in [1.54, 1.807) is 7.11 Å². The molecule has 0 aromatic heterocycles. The maximum atomic E-state index is 11.1. The van der Waals surface area contributed by atoms with E-state index in [-0.39, 0.29) is 12.6 Å². The van der Waals surface area contributed by atoms with Gasteiger partial charge in [0.2, 0.25) is 0 Å². The Labute approximate surface area is 91.9 Å². The fraction of sp³-hybridized carbons (Fsp3) is 0.909. The summed E-state index contributed by atoms with van der Waals surface area (Å²) in [5.74, 6) is -0.289. The molecule has 0 aromatic carbocycles. The SMILES string of the molecule is CCCCCCOC(=O)COCCOC. The average molecular weight is 218 g/mol. The van der Waals surface area contributed by atoms with E-state index in [4.69, 9.17) is 14.2 Å². The first-order valence-corrected chi connectivity index (χ1v) is 5.53. The first kappa shape index (κ1) is 14.4. The Hall–Kier alpha value is -0.610. The first-order valence-electron chi connectivity index (χ1n) is 5.53. The lowest BCUT2D eigenvalue weighted by Gasteiger charge is -2.05. The van der Waals surface area contributed by atoms with Crippen LogP contribution in [0.4, 0.5) is 0 Å². The van der Waals surface area contributed by atoms with E-state index in [0.717, 1.165) is 12.8 Å². The maximum Gasteiger partial charge on any atom is 0.332 e. The van der Waals surface area contributed by atoms with Gasteiger partial charge in [0, 0.05) is 7.11 Å². The highest BCUT2D eigenvalue weighted by atomic mass is 16.6. The van der Waals surface area contributed by atoms with Crippen LogP contribution in [0.25, 0.3) is 0 Å². The van der Waals surface area contributed by atoms with E-state index in [9.17, 15) is 4.79 Å². The lowest BCUT2D eigenvalue weighted by atomic mass is 10.2. The second-order valence-corrected chi connectivity index (χ2v) is 3.33. The monoisotopic (exact) mass is 218 g/mol. The average Bonchev–Trinajstić information content (AvgIpc) is 2.24. The number of rotatable bonds is 10. The van der Waals surface area contributed by atoms with Gasteiger partial charge in [0.1, 0.15) is 6.61 Å². The Morgan fingerprint density at radius 3 is 2.53 bits per heavy atom. The van der Waals surface area contributed by atoms with Gasteiger partial charge < -0.3 is 14.2 Å². The molecule has 0 spiro atoms. The van der Waals surface area contributed by atoms with Gasteiger partial charge in [-0.15, -0.1) is 0 Å². The fourth-order valence-electron chi connectivity index (χ4n) is 1.05. The number of unbranched alkanes of at least 4 members (excludes halogenated alkanes) is 3. The number of carbonyl (C=O) groups excluding carboxylic acids is 1. The summed E-state index contributed by atoms with van der Waals surface area (Å²) in [5, 5.41) is 0. The van der Waals surface area contributed by atoms with Gasteiger partial charge in [0.05, 0.1) is 19.8 Å². The highest BCUT2D eigenvalue weighted by molar-refractivity contribution is 5.70. The molecule has 0 amide bonds. The van der Waals surface area contributed by atoms with Gasteiger partial charge in [0.25, 0.3) is 0 Å². The summed E-state index contributed by atoms with van der Waals surface area (Å²) in [7, 11) is 1.59. The summed E-state index contributed by atoms with van der Waals surface area (Å²) in [6, 6.07) is 0. The van der Waals surface area contributed by atoms with Gasteiger partial charge in [0.15, 0.2) is 0 Å². The van der Waals surface area contributed by atoms with Gasteiger partial charge >= 0.3 is 5.97 Å². The van der Waals surface area contributed by atoms with Crippen LogP contribution < -0.4 is 0 Å². The topological polar surface area (TPSA) is 44.8 Å². The molecule has 15 heavy (non-hydrogen) atoms. The second-order valence-electron chi connectivity index (χ2n) is 3.33. The van der Waals surface area contributed by atoms with Crippen LogP contribution in [0.15, 0.2) is 0 Å². The molecule has 0 saturated heterocycles. The molecule has 0 rings (SSSR count). The Morgan fingerprint density at radius 2 is 1.87 bits per heavy atom. The van der Waals surface area contributed by atoms with Gasteiger partial charge in [-0.1, -0.05) is 26.2 Å². The van der Waals surface area contributed by atoms with Crippen LogP contribution in [0.1, 0.15) is 32.6 Å². The zero-order valence-electron chi connectivity index (χ0n) is 9.79. The van der Waals surface area contributed by atoms with Crippen molar-refractivity contribution < 1.29 is 19.0 Å². The number of ether oxygens (including phenoxy) is 3. The highest BCUT2D eigenvalue weighted by Gasteiger charge is 2.01. The van der Waals surface area contributed by atoms with Crippen LogP contribution in [0.3, 0.4) is 0 Å². The normalized spacial score (nSPS) is 10.3. The highest BCUT2D eigenvalue weighted by Crippen LogP contribution is 1.98. The fourth-order valence-corrected chi connectivity index (χ4v) is 1.05. The molecule has 0 radical (unpaired) electrons. The predicted molar refractivity (Wildman–Crippen MR) is 57.8 cm³/mol. The number of methoxy groups -OCH3 is 1. The minimum atomic E-state index is -0.289. The summed E-state index contributed by atoms with van der Waals surface area (Å²) >= 11 is 0. The molecule has 0 unspecified atom stereocenters. The third-order valence-corrected chi connectivity index (χ3v) is 1.91. The molecule has 90 valence electrons. The van der Waals surface area contributed by atoms with Gasteiger partial charge in [-0.25, -0.2) is 4.79 Å². The van der Waals surface area contributed by atoms with Crippen molar-refractivity contribution in [2.24, 2.45) is 0 Å². The Kier molecular flexibility index (Phi) is 11.0. The molecule has 0 aliphatic heterocycles. The minimum absolute atomic E-state index is 0.0249. The van der Waals surface area contributed by atoms with Crippen molar-refractivity contribution in [1.82, 2.24) is 0 Å². The molecule has 4 heteroatoms. The van der Waals surface area contributed by atoms with E-state index in [1.165, 1.54) is 12.8 Å². The van der Waals surface area contributed by atoms with Crippen molar-refractivity contribution in [1.29, 1.82) is 0 Å². The van der Waals surface area contributed by atoms with E-state index in [2.05, 4.69) is 6.92 Å². The van der Waals surface area contributed by atoms with E-state index in [0.29, 0.717) is 19.8 Å². The Bertz CT molecular complexity index is 148. The molecule has 0 heterocycles. The lowest BCUT2D eigenvalue weighted by Crippen LogP contribution is -2.15. The molecular formula is C11H22O4. The van der Waals surface area contributed by atoms with Crippen LogP contribution >= 0.6 is 0 Å². The van der Waals surface area contributed by atoms with Crippen LogP contribution in [0.5, 0.6) is 0 Å². The molecule has 0 atom stereocenters. The summed E-state index contributed by atoms with van der Waals surface area (Å²) in [6.07, 6.45) is 4.45. The quantitative estimate of drug-likeness (QED) is 0.414. The Balaban J connectivity index is 3.11. The number of hydrogen-bond donors (Lipinski definition) is 0. The van der Waals surface area contributed by atoms with Crippen molar-refractivity contribution in [3.05, 3.63) is 0 Å². The summed E-state index contributed by atoms with van der Waals surface area (Å²) < 4.78 is 14.8. The zero-order chi connectivity index (χ0) is 11.4. The zero-order valence-corrected chi connectivity index (χ0v) is 9.79. The number of esters is 1. The van der Waals surface area contributed by atoms with Gasteiger partial charge in [-0.2, -0.15) is 0 Å². The van der Waals surface area contributed by atoms with Crippen molar-refractivity contribution in [3.63, 3.8) is 0 Å². The standard InChI is InChI=1S/C11H22O4/c1-3-4-5-6-7-15-11(12)10-14-9-8-13-2/h3-10H2,1-2H3. The van der Waals surface area contributed by atoms with Crippen LogP contribution in [0, 0.1) is 0 Å². The van der Waals surface area contributed by atoms with Crippen LogP contribution in [-0.4, -0.2) is 39.5 Å². The molecule has 0 fully saturated rings. The second kappa shape index (κ2) is 11.5. The minimum Gasteiger partial charge on any atom is -0.464 e. The molecule has 0 aromatic rings. The molecule has 0 bridgehead atoms. The van der Waals surface area contributed by atoms with Gasteiger partial charge in [-0.3, -0.25) is 0 Å². The maximum absolute atomic E-state index is 11.1. The summed E-state index contributed by atoms with van der Waals surface area (Å²) in [5.41, 5.74) is 0. The van der Waals surface area contributed by atoms with Crippen molar-refractivity contribution in [2.75, 3.05) is 33.5 Å². The third-order valence-electron chi connectivity index (χ3n) is 1.91. The van der Waals surface area contributed by atoms with Gasteiger partial charge in [-0.05, 0) is 6.42 Å². The van der Waals surface area contributed by atoms with Crippen molar-refractivity contribution in [3.8, 4) is 0 Å².